The van der Waals surface area contributed by atoms with Crippen molar-refractivity contribution in [2.24, 2.45) is 11.3 Å². The van der Waals surface area contributed by atoms with Crippen molar-refractivity contribution in [1.82, 2.24) is 9.97 Å². The first-order valence-corrected chi connectivity index (χ1v) is 7.98. The molecule has 0 spiro atoms. The topological polar surface area (TPSA) is 96.1 Å². The van der Waals surface area contributed by atoms with Crippen molar-refractivity contribution in [3.8, 4) is 0 Å². The number of nitrogens with zero attached hydrogens (tertiary/aromatic N) is 2. The molecule has 7 heteroatoms. The zero-order valence-electron chi connectivity index (χ0n) is 12.7. The van der Waals surface area contributed by atoms with Gasteiger partial charge in [0.1, 0.15) is 10.6 Å². The van der Waals surface area contributed by atoms with Crippen LogP contribution < -0.4 is 16.6 Å². The van der Waals surface area contributed by atoms with Crippen LogP contribution in [-0.4, -0.2) is 28.2 Å². The van der Waals surface area contributed by atoms with Gasteiger partial charge < -0.3 is 10.4 Å². The third-order valence-corrected chi connectivity index (χ3v) is 5.06. The summed E-state index contributed by atoms with van der Waals surface area (Å²) in [5, 5.41) is 14.0. The fourth-order valence-electron chi connectivity index (χ4n) is 2.29. The molecule has 2 rings (SSSR count). The molecular formula is C14H23N5OS. The van der Waals surface area contributed by atoms with Gasteiger partial charge in [-0.05, 0) is 25.8 Å². The highest BCUT2D eigenvalue weighted by molar-refractivity contribution is 7.18. The number of nitrogens with one attached hydrogen (secondary N) is 2. The van der Waals surface area contributed by atoms with Crippen LogP contribution >= 0.6 is 11.3 Å². The Kier molecular flexibility index (Phi) is 4.97. The number of aromatic nitrogens is 2. The lowest BCUT2D eigenvalue weighted by Gasteiger charge is -2.29. The number of aryl methyl sites for hydroxylation is 1. The van der Waals surface area contributed by atoms with E-state index in [-0.39, 0.29) is 12.0 Å². The zero-order chi connectivity index (χ0) is 15.5. The summed E-state index contributed by atoms with van der Waals surface area (Å²) in [6.07, 6.45) is 1.82. The van der Waals surface area contributed by atoms with Crippen LogP contribution in [0.3, 0.4) is 0 Å². The largest absolute Gasteiger partial charge is 0.396 e. The maximum absolute atomic E-state index is 9.67. The second-order valence-corrected chi connectivity index (χ2v) is 6.57. The highest BCUT2D eigenvalue weighted by Crippen LogP contribution is 2.31. The number of nitrogen functional groups attached to an aromatic ring is 1. The number of anilines is 2. The molecule has 0 unspecified atom stereocenters. The number of rotatable bonds is 7. The molecule has 0 saturated heterocycles. The summed E-state index contributed by atoms with van der Waals surface area (Å²) in [7, 11) is 0. The van der Waals surface area contributed by atoms with E-state index in [0.29, 0.717) is 12.5 Å². The summed E-state index contributed by atoms with van der Waals surface area (Å²) in [6.45, 7) is 7.06. The number of aliphatic hydroxyl groups is 1. The fourth-order valence-corrected chi connectivity index (χ4v) is 3.17. The molecule has 0 amide bonds. The minimum Gasteiger partial charge on any atom is -0.396 e. The minimum absolute atomic E-state index is 0.126. The van der Waals surface area contributed by atoms with E-state index in [0.717, 1.165) is 28.9 Å². The molecule has 6 nitrogen and oxygen atoms in total. The third kappa shape index (κ3) is 3.25. The van der Waals surface area contributed by atoms with Crippen LogP contribution in [0, 0.1) is 12.3 Å². The van der Waals surface area contributed by atoms with Crippen LogP contribution in [-0.2, 0) is 0 Å². The van der Waals surface area contributed by atoms with Crippen LogP contribution in [0.5, 0.6) is 0 Å². The molecule has 116 valence electrons. The van der Waals surface area contributed by atoms with Crippen molar-refractivity contribution >= 4 is 33.3 Å². The molecule has 0 radical (unpaired) electrons. The predicted molar refractivity (Wildman–Crippen MR) is 88.6 cm³/mol. The summed E-state index contributed by atoms with van der Waals surface area (Å²) in [6, 6.07) is 2.07. The van der Waals surface area contributed by atoms with Crippen molar-refractivity contribution in [3.05, 3.63) is 10.9 Å². The Morgan fingerprint density at radius 1 is 1.33 bits per heavy atom. The van der Waals surface area contributed by atoms with Gasteiger partial charge in [0.2, 0.25) is 5.95 Å². The maximum Gasteiger partial charge on any atom is 0.240 e. The Bertz CT molecular complexity index is 600. The van der Waals surface area contributed by atoms with Gasteiger partial charge in [0.05, 0.1) is 12.0 Å². The Morgan fingerprint density at radius 2 is 2.05 bits per heavy atom. The molecule has 0 aromatic carbocycles. The van der Waals surface area contributed by atoms with Crippen molar-refractivity contribution in [3.63, 3.8) is 0 Å². The fraction of sp³-hybridized carbons (Fsp3) is 0.571. The van der Waals surface area contributed by atoms with Crippen LogP contribution in [0.1, 0.15) is 31.6 Å². The molecule has 21 heavy (non-hydrogen) atoms. The third-order valence-electron chi connectivity index (χ3n) is 4.11. The number of hydrazine groups is 1. The quantitative estimate of drug-likeness (QED) is 0.463. The number of thiophene rings is 1. The molecule has 0 atom stereocenters. The second-order valence-electron chi connectivity index (χ2n) is 5.33. The number of hydrogen-bond acceptors (Lipinski definition) is 7. The molecule has 0 aliphatic rings. The summed E-state index contributed by atoms with van der Waals surface area (Å²) >= 11 is 1.61. The highest BCUT2D eigenvalue weighted by atomic mass is 32.1. The molecule has 0 aliphatic heterocycles. The molecule has 0 fully saturated rings. The molecule has 0 bridgehead atoms. The van der Waals surface area contributed by atoms with E-state index in [2.05, 4.69) is 40.6 Å². The smallest absolute Gasteiger partial charge is 0.240 e. The summed E-state index contributed by atoms with van der Waals surface area (Å²) in [5.74, 6) is 6.60. The molecule has 0 aliphatic carbocycles. The van der Waals surface area contributed by atoms with Gasteiger partial charge in [0, 0.05) is 16.8 Å². The second kappa shape index (κ2) is 6.55. The molecule has 5 N–H and O–H groups in total. The first-order valence-electron chi connectivity index (χ1n) is 7.17. The van der Waals surface area contributed by atoms with Crippen molar-refractivity contribution in [2.45, 2.75) is 33.6 Å². The van der Waals surface area contributed by atoms with Crippen LogP contribution in [0.2, 0.25) is 0 Å². The summed E-state index contributed by atoms with van der Waals surface area (Å²) < 4.78 is 0. The monoisotopic (exact) mass is 309 g/mol. The van der Waals surface area contributed by atoms with Crippen molar-refractivity contribution in [2.75, 3.05) is 23.9 Å². The SMILES string of the molecule is CCC(CC)(CO)CNc1nc(NN)nc2sc(C)cc12. The first-order chi connectivity index (χ1) is 10.1. The average Bonchev–Trinajstić information content (AvgIpc) is 2.89. The van der Waals surface area contributed by atoms with E-state index >= 15 is 0 Å². The molecule has 2 aromatic heterocycles. The predicted octanol–water partition coefficient (Wildman–Crippen LogP) is 2.50. The number of fused-ring (bicyclic) bond motifs is 1. The lowest BCUT2D eigenvalue weighted by molar-refractivity contribution is 0.127. The number of aliphatic hydroxyl groups excluding tert-OH is 1. The molecule has 2 aromatic rings. The lowest BCUT2D eigenvalue weighted by atomic mass is 9.83. The average molecular weight is 309 g/mol. The summed E-state index contributed by atoms with van der Waals surface area (Å²) in [5.41, 5.74) is 2.38. The lowest BCUT2D eigenvalue weighted by Crippen LogP contribution is -2.32. The van der Waals surface area contributed by atoms with E-state index in [4.69, 9.17) is 5.84 Å². The standard InChI is InChI=1S/C14H23N5OS/c1-4-14(5-2,8-20)7-16-11-10-6-9(3)21-12(10)18-13(17-11)19-15/h6,20H,4-5,7-8,15H2,1-3H3,(H2,16,17,18,19). The first kappa shape index (κ1) is 15.9. The van der Waals surface area contributed by atoms with Crippen LogP contribution in [0.4, 0.5) is 11.8 Å². The van der Waals surface area contributed by atoms with Gasteiger partial charge in [0.25, 0.3) is 0 Å². The van der Waals surface area contributed by atoms with E-state index in [1.54, 1.807) is 11.3 Å². The van der Waals surface area contributed by atoms with Gasteiger partial charge in [0.15, 0.2) is 0 Å². The normalized spacial score (nSPS) is 11.9. The van der Waals surface area contributed by atoms with Gasteiger partial charge in [-0.3, -0.25) is 5.43 Å². The van der Waals surface area contributed by atoms with Crippen molar-refractivity contribution in [1.29, 1.82) is 0 Å². The van der Waals surface area contributed by atoms with E-state index in [1.807, 2.05) is 6.92 Å². The minimum atomic E-state index is -0.126. The van der Waals surface area contributed by atoms with E-state index in [9.17, 15) is 5.11 Å². The van der Waals surface area contributed by atoms with Crippen LogP contribution in [0.15, 0.2) is 6.07 Å². The number of hydrogen-bond donors (Lipinski definition) is 4. The maximum atomic E-state index is 9.67. The van der Waals surface area contributed by atoms with Crippen LogP contribution in [0.25, 0.3) is 10.2 Å². The Balaban J connectivity index is 2.32. The Morgan fingerprint density at radius 3 is 2.62 bits per heavy atom. The van der Waals surface area contributed by atoms with E-state index < -0.39 is 0 Å². The zero-order valence-corrected chi connectivity index (χ0v) is 13.5. The Labute approximate surface area is 128 Å². The van der Waals surface area contributed by atoms with Gasteiger partial charge in [-0.15, -0.1) is 11.3 Å². The number of nitrogens with two attached hydrogens (primary N) is 1. The Hall–Kier alpha value is -1.44. The molecular weight excluding hydrogens is 286 g/mol. The van der Waals surface area contributed by atoms with Gasteiger partial charge in [-0.2, -0.15) is 4.98 Å². The van der Waals surface area contributed by atoms with Gasteiger partial charge in [-0.25, -0.2) is 10.8 Å². The van der Waals surface area contributed by atoms with Gasteiger partial charge in [-0.1, -0.05) is 13.8 Å². The summed E-state index contributed by atoms with van der Waals surface area (Å²) in [4.78, 5) is 10.8. The van der Waals surface area contributed by atoms with Crippen molar-refractivity contribution < 1.29 is 5.11 Å². The molecule has 2 heterocycles. The van der Waals surface area contributed by atoms with E-state index in [1.165, 1.54) is 4.88 Å². The highest BCUT2D eigenvalue weighted by Gasteiger charge is 2.25. The van der Waals surface area contributed by atoms with Gasteiger partial charge >= 0.3 is 0 Å². The molecule has 0 saturated carbocycles.